The van der Waals surface area contributed by atoms with Crippen molar-refractivity contribution in [3.05, 3.63) is 132 Å². The third kappa shape index (κ3) is 9.12. The third-order valence-corrected chi connectivity index (χ3v) is 18.8. The van der Waals surface area contributed by atoms with Crippen LogP contribution in [0.25, 0.3) is 21.8 Å². The first-order valence-electron chi connectivity index (χ1n) is 18.0. The Hall–Kier alpha value is -2.23. The number of fused-ring (bicyclic) bond motifs is 2. The Bertz CT molecular complexity index is 1950. The van der Waals surface area contributed by atoms with Gasteiger partial charge in [0.05, 0.1) is 35.7 Å². The van der Waals surface area contributed by atoms with Gasteiger partial charge in [-0.3, -0.25) is 9.97 Å². The SMILES string of the molecule is CC(C)(C)P(C[c-]1c(C(P)(c2ccc3ccccc3n2)c2ccc3ccccc3n2)cc([Si](C)(C)C)c1[Si](C)(C)C)C(C)(C)C.[Fe].[cH-]1[cH-][cH-][cH-][cH-]1. The first-order chi connectivity index (χ1) is 23.2. The minimum Gasteiger partial charge on any atom is -0.748 e. The summed E-state index contributed by atoms with van der Waals surface area (Å²) in [5, 5.41) is 5.49. The molecule has 0 aliphatic carbocycles. The Morgan fingerprint density at radius 1 is 0.627 bits per heavy atom. The number of aromatic nitrogens is 2. The molecular formula is C44H58FeN2P2Si2-6. The van der Waals surface area contributed by atoms with Gasteiger partial charge in [0, 0.05) is 35.9 Å². The van der Waals surface area contributed by atoms with Crippen molar-refractivity contribution < 1.29 is 17.1 Å². The molecule has 2 heterocycles. The van der Waals surface area contributed by atoms with E-state index in [1.54, 1.807) is 15.9 Å². The van der Waals surface area contributed by atoms with Crippen LogP contribution in [0.1, 0.15) is 64.1 Å². The molecule has 0 saturated heterocycles. The van der Waals surface area contributed by atoms with Gasteiger partial charge in [-0.25, -0.2) is 11.3 Å². The van der Waals surface area contributed by atoms with E-state index < -0.39 is 21.3 Å². The van der Waals surface area contributed by atoms with Gasteiger partial charge in [0.2, 0.25) is 0 Å². The maximum atomic E-state index is 5.43. The molecule has 0 radical (unpaired) electrons. The number of rotatable bonds is 7. The summed E-state index contributed by atoms with van der Waals surface area (Å²) in [7, 11) is -0.512. The van der Waals surface area contributed by atoms with Crippen LogP contribution in [-0.2, 0) is 28.4 Å². The molecule has 0 bridgehead atoms. The van der Waals surface area contributed by atoms with Gasteiger partial charge in [-0.15, -0.1) is 28.3 Å². The van der Waals surface area contributed by atoms with E-state index >= 15 is 0 Å². The standard InChI is InChI=1S/C39H53N2P2Si2.C5H5.Fe/c1-37(2,3)43(38(4,5)6)26-29-30(25-33(44(7,8)9)36(29)45(10,11)12)39(42,34-23-21-27-17-13-15-19-31(27)40-34)35-24-22-28-18-14-16-20-32(28)41-35;1-2-4-5-3-1;/h13-25H,26,42H2,1-12H3;1-5H;/q-1;-5;. The molecule has 0 aliphatic heterocycles. The van der Waals surface area contributed by atoms with Gasteiger partial charge >= 0.3 is 0 Å². The molecule has 0 amide bonds. The number of nitrogens with zero attached hydrogens (tertiary/aromatic N) is 2. The summed E-state index contributed by atoms with van der Waals surface area (Å²) < 4.78 is 0. The average Bonchev–Trinajstić information content (AvgIpc) is 3.74. The van der Waals surface area contributed by atoms with Crippen molar-refractivity contribution in [2.75, 3.05) is 0 Å². The number of hydrogen-bond donors (Lipinski definition) is 0. The molecule has 2 aromatic heterocycles. The zero-order valence-corrected chi connectivity index (χ0v) is 38.0. The number of benzene rings is 2. The topological polar surface area (TPSA) is 25.8 Å². The molecule has 0 saturated carbocycles. The number of pyridine rings is 2. The second-order valence-corrected chi connectivity index (χ2v) is 32.6. The molecule has 4 aromatic carbocycles. The van der Waals surface area contributed by atoms with Crippen molar-refractivity contribution in [1.29, 1.82) is 0 Å². The summed E-state index contributed by atoms with van der Waals surface area (Å²) in [6.45, 7) is 30.0. The molecule has 0 aliphatic rings. The zero-order valence-electron chi connectivity index (χ0n) is 32.9. The van der Waals surface area contributed by atoms with E-state index in [4.69, 9.17) is 9.97 Å². The Kier molecular flexibility index (Phi) is 12.7. The Morgan fingerprint density at radius 2 is 1.04 bits per heavy atom. The van der Waals surface area contributed by atoms with Crippen LogP contribution in [-0.4, -0.2) is 36.4 Å². The fraction of sp³-hybridized carbons (Fsp3) is 0.364. The van der Waals surface area contributed by atoms with E-state index in [0.29, 0.717) is 0 Å². The molecule has 51 heavy (non-hydrogen) atoms. The maximum Gasteiger partial charge on any atom is 0.0710 e. The summed E-state index contributed by atoms with van der Waals surface area (Å²) in [5.74, 6) is 0. The predicted octanol–water partition coefficient (Wildman–Crippen LogP) is 11.7. The Morgan fingerprint density at radius 3 is 1.41 bits per heavy atom. The van der Waals surface area contributed by atoms with Gasteiger partial charge < -0.3 is 30.3 Å². The molecule has 0 N–H and O–H groups in total. The van der Waals surface area contributed by atoms with Crippen molar-refractivity contribution in [2.45, 2.75) is 102 Å². The van der Waals surface area contributed by atoms with Gasteiger partial charge in [-0.05, 0) is 34.6 Å². The fourth-order valence-corrected chi connectivity index (χ4v) is 17.6. The van der Waals surface area contributed by atoms with Gasteiger partial charge in [0.1, 0.15) is 0 Å². The smallest absolute Gasteiger partial charge is 0.0710 e. The largest absolute Gasteiger partial charge is 0.748 e. The number of hydrogen-bond acceptors (Lipinski definition) is 2. The van der Waals surface area contributed by atoms with Crippen LogP contribution in [0.2, 0.25) is 39.3 Å². The molecule has 0 fully saturated rings. The van der Waals surface area contributed by atoms with Crippen molar-refractivity contribution in [1.82, 2.24) is 9.97 Å². The van der Waals surface area contributed by atoms with Gasteiger partial charge in [-0.2, -0.15) is 5.19 Å². The molecule has 2 nitrogen and oxygen atoms in total. The van der Waals surface area contributed by atoms with E-state index in [2.05, 4.69) is 169 Å². The van der Waals surface area contributed by atoms with E-state index in [1.807, 2.05) is 30.3 Å². The quantitative estimate of drug-likeness (QED) is 0.0915. The summed E-state index contributed by atoms with van der Waals surface area (Å²) in [4.78, 5) is 10.9. The average molecular weight is 789 g/mol. The van der Waals surface area contributed by atoms with E-state index in [-0.39, 0.29) is 35.3 Å². The maximum absolute atomic E-state index is 5.43. The summed E-state index contributed by atoms with van der Waals surface area (Å²) in [6.07, 6.45) is 1.11. The van der Waals surface area contributed by atoms with Crippen LogP contribution in [0.15, 0.2) is 109 Å². The number of para-hydroxylation sites is 2. The van der Waals surface area contributed by atoms with E-state index in [1.165, 1.54) is 5.56 Å². The van der Waals surface area contributed by atoms with E-state index in [9.17, 15) is 0 Å². The van der Waals surface area contributed by atoms with Crippen molar-refractivity contribution in [3.8, 4) is 0 Å². The van der Waals surface area contributed by atoms with Crippen LogP contribution in [0.4, 0.5) is 0 Å². The van der Waals surface area contributed by atoms with Crippen LogP contribution in [0.5, 0.6) is 0 Å². The van der Waals surface area contributed by atoms with Gasteiger partial charge in [0.15, 0.2) is 0 Å². The molecule has 6 rings (SSSR count). The van der Waals surface area contributed by atoms with Crippen molar-refractivity contribution in [2.24, 2.45) is 0 Å². The summed E-state index contributed by atoms with van der Waals surface area (Å²) in [5.41, 5.74) is 7.12. The monoisotopic (exact) mass is 788 g/mol. The summed E-state index contributed by atoms with van der Waals surface area (Å²) in [6, 6.07) is 38.6. The second kappa shape index (κ2) is 15.6. The summed E-state index contributed by atoms with van der Waals surface area (Å²) >= 11 is 0. The van der Waals surface area contributed by atoms with Crippen molar-refractivity contribution >= 4 is 65.5 Å². The van der Waals surface area contributed by atoms with Crippen LogP contribution >= 0.6 is 17.2 Å². The minimum absolute atomic E-state index is 0. The van der Waals surface area contributed by atoms with E-state index in [0.717, 1.165) is 39.4 Å². The van der Waals surface area contributed by atoms with Crippen LogP contribution < -0.4 is 10.4 Å². The van der Waals surface area contributed by atoms with Crippen LogP contribution in [0.3, 0.4) is 0 Å². The first-order valence-corrected chi connectivity index (χ1v) is 27.1. The van der Waals surface area contributed by atoms with Gasteiger partial charge in [-0.1, -0.05) is 136 Å². The van der Waals surface area contributed by atoms with Crippen molar-refractivity contribution in [3.63, 3.8) is 0 Å². The fourth-order valence-electron chi connectivity index (χ4n) is 7.50. The Labute approximate surface area is 324 Å². The Balaban J connectivity index is 0.000000894. The molecule has 6 aromatic rings. The van der Waals surface area contributed by atoms with Crippen LogP contribution in [0, 0.1) is 0 Å². The zero-order chi connectivity index (χ0) is 36.7. The first kappa shape index (κ1) is 41.5. The predicted molar refractivity (Wildman–Crippen MR) is 233 cm³/mol. The second-order valence-electron chi connectivity index (χ2n) is 17.8. The normalized spacial score (nSPS) is 12.9. The minimum atomic E-state index is -1.77. The molecule has 0 spiro atoms. The molecular weight excluding hydrogens is 730 g/mol. The molecule has 276 valence electrons. The van der Waals surface area contributed by atoms with Gasteiger partial charge in [0.25, 0.3) is 0 Å². The molecule has 1 unspecified atom stereocenters. The molecule has 7 heteroatoms. The third-order valence-electron chi connectivity index (χ3n) is 9.66. The molecule has 1 atom stereocenters.